The van der Waals surface area contributed by atoms with Crippen molar-refractivity contribution in [2.24, 2.45) is 0 Å². The molecule has 0 fully saturated rings. The van der Waals surface area contributed by atoms with Gasteiger partial charge in [0.25, 0.3) is 5.78 Å². The molecule has 1 N–H and O–H groups in total. The first-order chi connectivity index (χ1) is 8.84. The van der Waals surface area contributed by atoms with E-state index in [1.54, 1.807) is 12.1 Å². The van der Waals surface area contributed by atoms with Crippen molar-refractivity contribution in [2.45, 2.75) is 32.4 Å². The molecule has 104 valence electrons. The van der Waals surface area contributed by atoms with Gasteiger partial charge < -0.3 is 5.11 Å². The maximum atomic E-state index is 12.0. The Kier molecular flexibility index (Phi) is 5.15. The van der Waals surface area contributed by atoms with E-state index >= 15 is 0 Å². The molecule has 2 nitrogen and oxygen atoms in total. The van der Waals surface area contributed by atoms with E-state index in [2.05, 4.69) is 6.92 Å². The van der Waals surface area contributed by atoms with E-state index in [9.17, 15) is 23.1 Å². The summed E-state index contributed by atoms with van der Waals surface area (Å²) in [4.78, 5) is 10.7. The van der Waals surface area contributed by atoms with E-state index in [4.69, 9.17) is 0 Å². The summed E-state index contributed by atoms with van der Waals surface area (Å²) in [6.07, 6.45) is -1.82. The average Bonchev–Trinajstić information content (AvgIpc) is 2.35. The van der Waals surface area contributed by atoms with E-state index < -0.39 is 17.7 Å². The minimum atomic E-state index is -4.96. The van der Waals surface area contributed by atoms with Gasteiger partial charge in [-0.1, -0.05) is 37.6 Å². The van der Waals surface area contributed by atoms with Crippen LogP contribution in [0, 0.1) is 0 Å². The van der Waals surface area contributed by atoms with Gasteiger partial charge in [-0.05, 0) is 18.4 Å². The summed E-state index contributed by atoms with van der Waals surface area (Å²) < 4.78 is 36.1. The van der Waals surface area contributed by atoms with Crippen LogP contribution in [0.1, 0.15) is 30.9 Å². The molecule has 1 rings (SSSR count). The van der Waals surface area contributed by atoms with Crippen molar-refractivity contribution in [3.63, 3.8) is 0 Å². The van der Waals surface area contributed by atoms with Crippen LogP contribution in [0.3, 0.4) is 0 Å². The molecule has 0 saturated carbocycles. The van der Waals surface area contributed by atoms with Crippen LogP contribution in [0.25, 0.3) is 5.76 Å². The molecule has 0 aliphatic rings. The van der Waals surface area contributed by atoms with Gasteiger partial charge in [-0.15, -0.1) is 0 Å². The Bertz CT molecular complexity index is 459. The third-order valence-corrected chi connectivity index (χ3v) is 2.62. The van der Waals surface area contributed by atoms with Gasteiger partial charge >= 0.3 is 6.18 Å². The standard InChI is InChI=1S/C14H15F3O2/c1-2-3-4-10-5-7-11(8-6-10)12(18)9-13(19)14(15,16)17/h5-9,18H,2-4H2,1H3. The third-order valence-electron chi connectivity index (χ3n) is 2.62. The number of aliphatic hydroxyl groups is 1. The largest absolute Gasteiger partial charge is 0.507 e. The molecule has 0 unspecified atom stereocenters. The fourth-order valence-electron chi connectivity index (χ4n) is 1.51. The van der Waals surface area contributed by atoms with Crippen molar-refractivity contribution in [2.75, 3.05) is 0 Å². The molecule has 0 spiro atoms. The first-order valence-corrected chi connectivity index (χ1v) is 5.95. The summed E-state index contributed by atoms with van der Waals surface area (Å²) in [6, 6.07) is 6.46. The smallest absolute Gasteiger partial charge is 0.454 e. The molecule has 0 atom stereocenters. The number of hydrogen-bond acceptors (Lipinski definition) is 2. The molecule has 0 saturated heterocycles. The van der Waals surface area contributed by atoms with Crippen LogP contribution in [-0.4, -0.2) is 17.1 Å². The van der Waals surface area contributed by atoms with Gasteiger partial charge in [-0.25, -0.2) is 0 Å². The van der Waals surface area contributed by atoms with E-state index in [-0.39, 0.29) is 11.6 Å². The summed E-state index contributed by atoms with van der Waals surface area (Å²) >= 11 is 0. The van der Waals surface area contributed by atoms with Crippen LogP contribution < -0.4 is 0 Å². The first-order valence-electron chi connectivity index (χ1n) is 5.95. The summed E-state index contributed by atoms with van der Waals surface area (Å²) in [5.74, 6) is -2.75. The fourth-order valence-corrected chi connectivity index (χ4v) is 1.51. The zero-order valence-corrected chi connectivity index (χ0v) is 10.5. The highest BCUT2D eigenvalue weighted by Crippen LogP contribution is 2.20. The lowest BCUT2D eigenvalue weighted by molar-refractivity contribution is -0.165. The Labute approximate surface area is 109 Å². The van der Waals surface area contributed by atoms with E-state index in [1.165, 1.54) is 12.1 Å². The Balaban J connectivity index is 2.80. The fraction of sp³-hybridized carbons (Fsp3) is 0.357. The molecule has 0 amide bonds. The van der Waals surface area contributed by atoms with Crippen LogP contribution in [0.15, 0.2) is 30.3 Å². The van der Waals surface area contributed by atoms with Crippen LogP contribution in [0.4, 0.5) is 13.2 Å². The number of carbonyl (C=O) groups excluding carboxylic acids is 1. The predicted octanol–water partition coefficient (Wildman–Crippen LogP) is 4.06. The summed E-state index contributed by atoms with van der Waals surface area (Å²) in [6.45, 7) is 2.06. The Morgan fingerprint density at radius 1 is 1.26 bits per heavy atom. The topological polar surface area (TPSA) is 37.3 Å². The lowest BCUT2D eigenvalue weighted by Crippen LogP contribution is -2.20. The van der Waals surface area contributed by atoms with E-state index in [1.807, 2.05) is 0 Å². The second-order valence-corrected chi connectivity index (χ2v) is 4.19. The van der Waals surface area contributed by atoms with Crippen LogP contribution in [0.2, 0.25) is 0 Å². The maximum absolute atomic E-state index is 12.0. The highest BCUT2D eigenvalue weighted by Gasteiger charge is 2.36. The molecule has 0 heterocycles. The van der Waals surface area contributed by atoms with Gasteiger partial charge in [0.15, 0.2) is 0 Å². The van der Waals surface area contributed by atoms with Crippen LogP contribution in [-0.2, 0) is 11.2 Å². The minimum absolute atomic E-state index is 0.192. The predicted molar refractivity (Wildman–Crippen MR) is 66.7 cm³/mol. The molecule has 5 heteroatoms. The van der Waals surface area contributed by atoms with E-state index in [0.717, 1.165) is 24.8 Å². The van der Waals surface area contributed by atoms with Crippen molar-refractivity contribution >= 4 is 11.5 Å². The highest BCUT2D eigenvalue weighted by molar-refractivity contribution is 5.99. The van der Waals surface area contributed by atoms with Crippen molar-refractivity contribution < 1.29 is 23.1 Å². The monoisotopic (exact) mass is 272 g/mol. The quantitative estimate of drug-likeness (QED) is 0.648. The lowest BCUT2D eigenvalue weighted by atomic mass is 10.1. The van der Waals surface area contributed by atoms with Crippen LogP contribution in [0.5, 0.6) is 0 Å². The van der Waals surface area contributed by atoms with Crippen LogP contribution >= 0.6 is 0 Å². The van der Waals surface area contributed by atoms with Crippen molar-refractivity contribution in [3.05, 3.63) is 41.5 Å². The average molecular weight is 272 g/mol. The number of rotatable bonds is 5. The molecule has 19 heavy (non-hydrogen) atoms. The zero-order valence-electron chi connectivity index (χ0n) is 10.5. The number of alkyl halides is 3. The molecule has 1 aromatic carbocycles. The molecular formula is C14H15F3O2. The number of hydrogen-bond donors (Lipinski definition) is 1. The molecule has 0 aliphatic heterocycles. The van der Waals surface area contributed by atoms with Crippen molar-refractivity contribution in [1.82, 2.24) is 0 Å². The van der Waals surface area contributed by atoms with Gasteiger partial charge in [0, 0.05) is 11.6 Å². The summed E-state index contributed by atoms with van der Waals surface area (Å²) in [7, 11) is 0. The number of aryl methyl sites for hydroxylation is 1. The number of carbonyl (C=O) groups is 1. The highest BCUT2D eigenvalue weighted by atomic mass is 19.4. The van der Waals surface area contributed by atoms with Gasteiger partial charge in [0.05, 0.1) is 0 Å². The third kappa shape index (κ3) is 4.77. The Hall–Kier alpha value is -1.78. The van der Waals surface area contributed by atoms with Gasteiger partial charge in [-0.3, -0.25) is 4.79 Å². The Morgan fingerprint density at radius 2 is 1.84 bits per heavy atom. The Morgan fingerprint density at radius 3 is 2.32 bits per heavy atom. The first kappa shape index (κ1) is 15.3. The molecule has 0 radical (unpaired) electrons. The molecule has 0 bridgehead atoms. The molecule has 0 aromatic heterocycles. The number of unbranched alkanes of at least 4 members (excludes halogenated alkanes) is 1. The molecule has 0 aliphatic carbocycles. The van der Waals surface area contributed by atoms with Crippen molar-refractivity contribution in [1.29, 1.82) is 0 Å². The molecular weight excluding hydrogens is 257 g/mol. The maximum Gasteiger partial charge on any atom is 0.454 e. The number of ketones is 1. The number of allylic oxidation sites excluding steroid dienone is 1. The lowest BCUT2D eigenvalue weighted by Gasteiger charge is -2.04. The number of halogens is 3. The van der Waals surface area contributed by atoms with Crippen molar-refractivity contribution in [3.8, 4) is 0 Å². The summed E-state index contributed by atoms with van der Waals surface area (Å²) in [5.41, 5.74) is 1.23. The van der Waals surface area contributed by atoms with Gasteiger partial charge in [-0.2, -0.15) is 13.2 Å². The van der Waals surface area contributed by atoms with Gasteiger partial charge in [0.1, 0.15) is 5.76 Å². The summed E-state index contributed by atoms with van der Waals surface area (Å²) in [5, 5.41) is 9.46. The van der Waals surface area contributed by atoms with Gasteiger partial charge in [0.2, 0.25) is 0 Å². The SMILES string of the molecule is CCCCc1ccc(C(O)=CC(=O)C(F)(F)F)cc1. The second-order valence-electron chi connectivity index (χ2n) is 4.19. The zero-order chi connectivity index (χ0) is 14.5. The second kappa shape index (κ2) is 6.41. The number of benzene rings is 1. The normalized spacial score (nSPS) is 12.5. The number of aliphatic hydroxyl groups excluding tert-OH is 1. The minimum Gasteiger partial charge on any atom is -0.507 e. The van der Waals surface area contributed by atoms with E-state index in [0.29, 0.717) is 0 Å². The molecule has 1 aromatic rings.